The van der Waals surface area contributed by atoms with E-state index in [1.807, 2.05) is 0 Å². The SMILES string of the molecule is CC1(C)c2cc(-c3cc(-n4c5ccccc5c5cc(-c6ccc7c(c6)c6ccccc6n7-c6ccccc6)ccc54)nc4ccccc34)ccc2C2C=CC=CC21. The van der Waals surface area contributed by atoms with E-state index in [0.29, 0.717) is 11.8 Å². The van der Waals surface area contributed by atoms with Gasteiger partial charge >= 0.3 is 0 Å². The van der Waals surface area contributed by atoms with Crippen LogP contribution in [0, 0.1) is 5.92 Å². The summed E-state index contributed by atoms with van der Waals surface area (Å²) in [6.45, 7) is 4.82. The van der Waals surface area contributed by atoms with E-state index < -0.39 is 0 Å². The van der Waals surface area contributed by atoms with Crippen LogP contribution >= 0.6 is 0 Å². The van der Waals surface area contributed by atoms with Crippen LogP contribution < -0.4 is 0 Å². The maximum Gasteiger partial charge on any atom is 0.138 e. The Bertz CT molecular complexity index is 3340. The fourth-order valence-corrected chi connectivity index (χ4v) is 10.3. The summed E-state index contributed by atoms with van der Waals surface area (Å²) in [5.74, 6) is 1.83. The number of pyridine rings is 1. The quantitative estimate of drug-likeness (QED) is 0.177. The molecule has 3 heterocycles. The Labute approximate surface area is 331 Å². The van der Waals surface area contributed by atoms with E-state index in [9.17, 15) is 0 Å². The van der Waals surface area contributed by atoms with Crippen molar-refractivity contribution in [3.63, 3.8) is 0 Å². The minimum Gasteiger partial charge on any atom is -0.309 e. The molecule has 0 N–H and O–H groups in total. The second-order valence-corrected chi connectivity index (χ2v) is 16.4. The van der Waals surface area contributed by atoms with Gasteiger partial charge in [0.05, 0.1) is 27.6 Å². The Morgan fingerprint density at radius 2 is 1.05 bits per heavy atom. The number of benzene rings is 7. The number of rotatable bonds is 4. The third-order valence-corrected chi connectivity index (χ3v) is 13.0. The highest BCUT2D eigenvalue weighted by molar-refractivity contribution is 6.13. The molecule has 0 radical (unpaired) electrons. The van der Waals surface area contributed by atoms with Crippen molar-refractivity contribution in [1.29, 1.82) is 0 Å². The fraction of sp³-hybridized carbons (Fsp3) is 0.0926. The molecule has 0 aliphatic heterocycles. The third kappa shape index (κ3) is 4.69. The first-order valence-corrected chi connectivity index (χ1v) is 20.1. The van der Waals surface area contributed by atoms with E-state index in [2.05, 4.69) is 211 Å². The Hall–Kier alpha value is -6.97. The van der Waals surface area contributed by atoms with Crippen LogP contribution in [0.25, 0.3) is 88.3 Å². The van der Waals surface area contributed by atoms with Crippen molar-refractivity contribution in [2.75, 3.05) is 0 Å². The lowest BCUT2D eigenvalue weighted by molar-refractivity contribution is 0.394. The highest BCUT2D eigenvalue weighted by Crippen LogP contribution is 2.54. The standard InChI is InChI=1S/C54H39N3/c1-54(2)46-20-10-6-16-38(46)39-27-24-36(32-47(39)54)43-33-53(55-48-21-11-7-17-40(43)48)57-50-23-13-9-19-42(50)45-31-35(26-29-52(45)57)34-25-28-51-44(30-34)41-18-8-12-22-49(41)56(51)37-14-4-3-5-15-37/h3-33,38,46H,1-2H3. The molecule has 0 bridgehead atoms. The number of fused-ring (bicyclic) bond motifs is 10. The third-order valence-electron chi connectivity index (χ3n) is 13.0. The smallest absolute Gasteiger partial charge is 0.138 e. The molecular weight excluding hydrogens is 691 g/mol. The molecule has 57 heavy (non-hydrogen) atoms. The summed E-state index contributed by atoms with van der Waals surface area (Å²) in [7, 11) is 0. The maximum absolute atomic E-state index is 5.38. The summed E-state index contributed by atoms with van der Waals surface area (Å²) >= 11 is 0. The van der Waals surface area contributed by atoms with E-state index in [4.69, 9.17) is 4.98 Å². The molecule has 3 nitrogen and oxygen atoms in total. The average Bonchev–Trinajstić information content (AvgIpc) is 3.86. The second kappa shape index (κ2) is 12.0. The van der Waals surface area contributed by atoms with Crippen molar-refractivity contribution in [2.24, 2.45) is 5.92 Å². The molecule has 0 amide bonds. The zero-order valence-electron chi connectivity index (χ0n) is 31.9. The van der Waals surface area contributed by atoms with Crippen molar-refractivity contribution in [3.05, 3.63) is 199 Å². The molecule has 2 aliphatic rings. The first kappa shape index (κ1) is 32.3. The van der Waals surface area contributed by atoms with Crippen LogP contribution in [-0.2, 0) is 5.41 Å². The van der Waals surface area contributed by atoms with Gasteiger partial charge in [-0.3, -0.25) is 4.57 Å². The van der Waals surface area contributed by atoms with Gasteiger partial charge in [0, 0.05) is 38.5 Å². The van der Waals surface area contributed by atoms with Gasteiger partial charge in [-0.1, -0.05) is 141 Å². The first-order chi connectivity index (χ1) is 28.0. The molecule has 3 heteroatoms. The van der Waals surface area contributed by atoms with Gasteiger partial charge in [-0.05, 0) is 105 Å². The van der Waals surface area contributed by atoms with Gasteiger partial charge < -0.3 is 4.57 Å². The van der Waals surface area contributed by atoms with Gasteiger partial charge in [-0.2, -0.15) is 0 Å². The van der Waals surface area contributed by atoms with E-state index in [1.54, 1.807) is 0 Å². The number of aromatic nitrogens is 3. The summed E-state index contributed by atoms with van der Waals surface area (Å²) < 4.78 is 4.74. The van der Waals surface area contributed by atoms with Gasteiger partial charge in [0.1, 0.15) is 5.82 Å². The van der Waals surface area contributed by atoms with Gasteiger partial charge in [-0.25, -0.2) is 4.98 Å². The van der Waals surface area contributed by atoms with Crippen LogP contribution in [0.3, 0.4) is 0 Å². The number of hydrogen-bond donors (Lipinski definition) is 0. The summed E-state index contributed by atoms with van der Waals surface area (Å²) in [6.07, 6.45) is 9.22. The van der Waals surface area contributed by atoms with Crippen molar-refractivity contribution < 1.29 is 0 Å². The summed E-state index contributed by atoms with van der Waals surface area (Å²) in [6, 6.07) is 60.2. The molecule has 0 spiro atoms. The van der Waals surface area contributed by atoms with E-state index >= 15 is 0 Å². The molecule has 3 aromatic heterocycles. The lowest BCUT2D eigenvalue weighted by atomic mass is 9.74. The molecule has 2 unspecified atom stereocenters. The van der Waals surface area contributed by atoms with E-state index in [0.717, 1.165) is 22.4 Å². The lowest BCUT2D eigenvalue weighted by Gasteiger charge is -2.29. The summed E-state index contributed by atoms with van der Waals surface area (Å²) in [4.78, 5) is 5.38. The fourth-order valence-electron chi connectivity index (χ4n) is 10.3. The zero-order chi connectivity index (χ0) is 37.8. The van der Waals surface area contributed by atoms with E-state index in [1.165, 1.54) is 77.0 Å². The van der Waals surface area contributed by atoms with Gasteiger partial charge in [0.15, 0.2) is 0 Å². The average molecular weight is 730 g/mol. The molecule has 2 atom stereocenters. The van der Waals surface area contributed by atoms with Crippen molar-refractivity contribution in [1.82, 2.24) is 14.1 Å². The van der Waals surface area contributed by atoms with Crippen molar-refractivity contribution in [3.8, 4) is 33.8 Å². The Morgan fingerprint density at radius 1 is 0.474 bits per heavy atom. The highest BCUT2D eigenvalue weighted by Gasteiger charge is 2.44. The molecule has 10 aromatic rings. The number of hydrogen-bond acceptors (Lipinski definition) is 1. The predicted octanol–water partition coefficient (Wildman–Crippen LogP) is 13.9. The Balaban J connectivity index is 1.03. The normalized spacial score (nSPS) is 16.9. The maximum atomic E-state index is 5.38. The van der Waals surface area contributed by atoms with Crippen molar-refractivity contribution in [2.45, 2.75) is 25.2 Å². The van der Waals surface area contributed by atoms with Gasteiger partial charge in [0.2, 0.25) is 0 Å². The minimum absolute atomic E-state index is 0.0387. The second-order valence-electron chi connectivity index (χ2n) is 16.4. The van der Waals surface area contributed by atoms with Gasteiger partial charge in [0.25, 0.3) is 0 Å². The molecule has 270 valence electrons. The van der Waals surface area contributed by atoms with Crippen LogP contribution in [0.1, 0.15) is 30.9 Å². The van der Waals surface area contributed by atoms with Crippen molar-refractivity contribution >= 4 is 54.5 Å². The topological polar surface area (TPSA) is 22.8 Å². The monoisotopic (exact) mass is 729 g/mol. The van der Waals surface area contributed by atoms with Crippen LogP contribution in [0.2, 0.25) is 0 Å². The van der Waals surface area contributed by atoms with Crippen LogP contribution in [-0.4, -0.2) is 14.1 Å². The molecule has 0 saturated heterocycles. The number of nitrogens with zero attached hydrogens (tertiary/aromatic N) is 3. The molecular formula is C54H39N3. The number of allylic oxidation sites excluding steroid dienone is 4. The minimum atomic E-state index is 0.0387. The molecule has 0 saturated carbocycles. The predicted molar refractivity (Wildman–Crippen MR) is 239 cm³/mol. The van der Waals surface area contributed by atoms with Crippen LogP contribution in [0.15, 0.2) is 188 Å². The molecule has 12 rings (SSSR count). The molecule has 0 fully saturated rings. The van der Waals surface area contributed by atoms with E-state index in [-0.39, 0.29) is 5.41 Å². The highest BCUT2D eigenvalue weighted by atomic mass is 15.1. The first-order valence-electron chi connectivity index (χ1n) is 20.1. The van der Waals surface area contributed by atoms with Crippen LogP contribution in [0.4, 0.5) is 0 Å². The summed E-state index contributed by atoms with van der Waals surface area (Å²) in [5.41, 5.74) is 14.7. The zero-order valence-corrected chi connectivity index (χ0v) is 31.9. The molecule has 7 aromatic carbocycles. The largest absolute Gasteiger partial charge is 0.309 e. The van der Waals surface area contributed by atoms with Gasteiger partial charge in [-0.15, -0.1) is 0 Å². The summed E-state index contributed by atoms with van der Waals surface area (Å²) in [5, 5.41) is 6.11. The lowest BCUT2D eigenvalue weighted by Crippen LogP contribution is -2.24. The Morgan fingerprint density at radius 3 is 1.79 bits per heavy atom. The van der Waals surface area contributed by atoms with Crippen LogP contribution in [0.5, 0.6) is 0 Å². The molecule has 2 aliphatic carbocycles. The Kier molecular flexibility index (Phi) is 6.81. The number of para-hydroxylation sites is 4.